The molecule has 3 rings (SSSR count). The Balaban J connectivity index is 1.85. The molecule has 1 aromatic carbocycles. The van der Waals surface area contributed by atoms with E-state index in [0.717, 1.165) is 20.8 Å². The van der Waals surface area contributed by atoms with Gasteiger partial charge in [-0.3, -0.25) is 19.2 Å². The number of ether oxygens (including phenoxy) is 8. The van der Waals surface area contributed by atoms with Crippen molar-refractivity contribution in [3.8, 4) is 11.5 Å². The highest BCUT2D eigenvalue weighted by molar-refractivity contribution is 5.68. The van der Waals surface area contributed by atoms with Gasteiger partial charge < -0.3 is 37.9 Å². The quantitative estimate of drug-likeness (QED) is 0.258. The van der Waals surface area contributed by atoms with E-state index in [1.165, 1.54) is 6.92 Å². The number of hydrogen-bond donors (Lipinski definition) is 0. The summed E-state index contributed by atoms with van der Waals surface area (Å²) >= 11 is 0. The predicted molar refractivity (Wildman–Crippen MR) is 114 cm³/mol. The number of benzene rings is 1. The monoisotopic (exact) mass is 496 g/mol. The number of epoxide rings is 1. The largest absolute Gasteiger partial charge is 0.491 e. The van der Waals surface area contributed by atoms with Gasteiger partial charge in [0.1, 0.15) is 36.9 Å². The fraction of sp³-hybridized carbons (Fsp3) is 0.565. The second-order valence-corrected chi connectivity index (χ2v) is 7.92. The average molecular weight is 496 g/mol. The van der Waals surface area contributed by atoms with E-state index >= 15 is 0 Å². The van der Waals surface area contributed by atoms with Gasteiger partial charge in [0.25, 0.3) is 0 Å². The van der Waals surface area contributed by atoms with Crippen LogP contribution in [-0.2, 0) is 47.6 Å². The Morgan fingerprint density at radius 1 is 0.771 bits per heavy atom. The van der Waals surface area contributed by atoms with Crippen LogP contribution in [-0.4, -0.2) is 80.5 Å². The van der Waals surface area contributed by atoms with Crippen LogP contribution in [0.1, 0.15) is 27.7 Å². The molecule has 2 saturated heterocycles. The molecule has 35 heavy (non-hydrogen) atoms. The van der Waals surface area contributed by atoms with Crippen molar-refractivity contribution in [2.75, 3.05) is 19.8 Å². The van der Waals surface area contributed by atoms with Crippen LogP contribution in [0.5, 0.6) is 11.5 Å². The van der Waals surface area contributed by atoms with Crippen LogP contribution in [0, 0.1) is 0 Å². The van der Waals surface area contributed by atoms with E-state index in [1.54, 1.807) is 24.3 Å². The molecule has 2 fully saturated rings. The first-order valence-corrected chi connectivity index (χ1v) is 10.9. The molecule has 0 bridgehead atoms. The summed E-state index contributed by atoms with van der Waals surface area (Å²) in [6.45, 7) is 5.41. The zero-order chi connectivity index (χ0) is 25.5. The lowest BCUT2D eigenvalue weighted by molar-refractivity contribution is -0.288. The molecule has 2 aliphatic rings. The van der Waals surface area contributed by atoms with Crippen molar-refractivity contribution in [1.82, 2.24) is 0 Å². The minimum Gasteiger partial charge on any atom is -0.491 e. The number of rotatable bonds is 10. The van der Waals surface area contributed by atoms with Gasteiger partial charge in [0, 0.05) is 27.7 Å². The van der Waals surface area contributed by atoms with E-state index in [4.69, 9.17) is 37.9 Å². The lowest BCUT2D eigenvalue weighted by atomic mass is 9.98. The maximum absolute atomic E-state index is 11.9. The van der Waals surface area contributed by atoms with Crippen molar-refractivity contribution in [3.05, 3.63) is 24.3 Å². The Morgan fingerprint density at radius 2 is 1.31 bits per heavy atom. The molecular weight excluding hydrogens is 468 g/mol. The molecule has 12 nitrogen and oxygen atoms in total. The topological polar surface area (TPSA) is 145 Å². The second-order valence-electron chi connectivity index (χ2n) is 7.92. The smallest absolute Gasteiger partial charge is 0.303 e. The highest BCUT2D eigenvalue weighted by atomic mass is 16.7. The van der Waals surface area contributed by atoms with E-state index in [2.05, 4.69) is 0 Å². The van der Waals surface area contributed by atoms with Gasteiger partial charge in [-0.25, -0.2) is 0 Å². The molecule has 192 valence electrons. The summed E-state index contributed by atoms with van der Waals surface area (Å²) in [6, 6.07) is 6.56. The first-order chi connectivity index (χ1) is 16.6. The highest BCUT2D eigenvalue weighted by Gasteiger charge is 2.53. The Morgan fingerprint density at radius 3 is 1.86 bits per heavy atom. The standard InChI is InChI=1S/C23H28O12/c1-12(24)28-11-19-20(31-13(2)25)21(32-14(3)26)22(33-15(4)27)23(35-19)34-17-7-5-16(6-8-17)29-9-18-10-30-18/h5-8,18-23H,9-11H2,1-4H3/t18?,19-,20-,21+,22-,23+/m1/s1. The lowest BCUT2D eigenvalue weighted by Crippen LogP contribution is -2.63. The fourth-order valence-electron chi connectivity index (χ4n) is 3.39. The van der Waals surface area contributed by atoms with E-state index in [1.807, 2.05) is 0 Å². The van der Waals surface area contributed by atoms with Gasteiger partial charge in [-0.15, -0.1) is 0 Å². The lowest BCUT2D eigenvalue weighted by Gasteiger charge is -2.43. The molecule has 0 spiro atoms. The SMILES string of the molecule is CC(=O)OC[C@H]1O[C@H](Oc2ccc(OCC3CO3)cc2)[C@H](OC(C)=O)[C@@H](OC(C)=O)[C@@H]1OC(C)=O. The van der Waals surface area contributed by atoms with E-state index < -0.39 is 54.6 Å². The zero-order valence-electron chi connectivity index (χ0n) is 19.8. The minimum absolute atomic E-state index is 0.101. The summed E-state index contributed by atoms with van der Waals surface area (Å²) in [5.41, 5.74) is 0. The van der Waals surface area contributed by atoms with Gasteiger partial charge in [-0.1, -0.05) is 0 Å². The maximum atomic E-state index is 11.9. The maximum Gasteiger partial charge on any atom is 0.303 e. The van der Waals surface area contributed by atoms with Gasteiger partial charge in [0.2, 0.25) is 12.4 Å². The summed E-state index contributed by atoms with van der Waals surface area (Å²) in [5.74, 6) is -1.84. The van der Waals surface area contributed by atoms with Crippen molar-refractivity contribution >= 4 is 23.9 Å². The van der Waals surface area contributed by atoms with E-state index in [9.17, 15) is 19.2 Å². The zero-order valence-corrected chi connectivity index (χ0v) is 19.8. The van der Waals surface area contributed by atoms with Crippen LogP contribution in [0.2, 0.25) is 0 Å². The van der Waals surface area contributed by atoms with E-state index in [0.29, 0.717) is 24.7 Å². The predicted octanol–water partition coefficient (Wildman–Crippen LogP) is 0.926. The molecular formula is C23H28O12. The minimum atomic E-state index is -1.31. The fourth-order valence-corrected chi connectivity index (χ4v) is 3.39. The number of esters is 4. The van der Waals surface area contributed by atoms with Crippen LogP contribution in [0.4, 0.5) is 0 Å². The summed E-state index contributed by atoms with van der Waals surface area (Å²) in [5, 5.41) is 0. The molecule has 0 amide bonds. The van der Waals surface area contributed by atoms with Crippen molar-refractivity contribution in [1.29, 1.82) is 0 Å². The molecule has 2 heterocycles. The van der Waals surface area contributed by atoms with Crippen LogP contribution in [0.3, 0.4) is 0 Å². The molecule has 0 N–H and O–H groups in total. The highest BCUT2D eigenvalue weighted by Crippen LogP contribution is 2.31. The molecule has 0 aromatic heterocycles. The Hall–Kier alpha value is -3.38. The van der Waals surface area contributed by atoms with Crippen molar-refractivity contribution < 1.29 is 57.1 Å². The summed E-state index contributed by atoms with van der Waals surface area (Å²) in [6.07, 6.45) is -6.16. The third kappa shape index (κ3) is 8.11. The molecule has 0 aliphatic carbocycles. The summed E-state index contributed by atoms with van der Waals surface area (Å²) in [7, 11) is 0. The average Bonchev–Trinajstić information content (AvgIpc) is 3.59. The van der Waals surface area contributed by atoms with Crippen LogP contribution >= 0.6 is 0 Å². The molecule has 6 atom stereocenters. The number of hydrogen-bond acceptors (Lipinski definition) is 12. The third-order valence-corrected chi connectivity index (χ3v) is 4.86. The Labute approximate surface area is 201 Å². The molecule has 2 aliphatic heterocycles. The van der Waals surface area contributed by atoms with Gasteiger partial charge in [0.15, 0.2) is 12.2 Å². The van der Waals surface area contributed by atoms with Crippen molar-refractivity contribution in [2.24, 2.45) is 0 Å². The number of carbonyl (C=O) groups is 4. The van der Waals surface area contributed by atoms with Gasteiger partial charge in [0.05, 0.1) is 6.61 Å². The molecule has 1 unspecified atom stereocenters. The second kappa shape index (κ2) is 11.8. The van der Waals surface area contributed by atoms with Crippen LogP contribution in [0.15, 0.2) is 24.3 Å². The van der Waals surface area contributed by atoms with Gasteiger partial charge >= 0.3 is 23.9 Å². The van der Waals surface area contributed by atoms with Gasteiger partial charge in [-0.05, 0) is 24.3 Å². The molecule has 1 aromatic rings. The van der Waals surface area contributed by atoms with Crippen molar-refractivity contribution in [2.45, 2.75) is 64.5 Å². The Bertz CT molecular complexity index is 910. The van der Waals surface area contributed by atoms with Crippen LogP contribution in [0.25, 0.3) is 0 Å². The first kappa shape index (κ1) is 26.2. The van der Waals surface area contributed by atoms with Gasteiger partial charge in [-0.2, -0.15) is 0 Å². The number of carbonyl (C=O) groups excluding carboxylic acids is 4. The van der Waals surface area contributed by atoms with Crippen molar-refractivity contribution in [3.63, 3.8) is 0 Å². The Kier molecular flexibility index (Phi) is 8.88. The summed E-state index contributed by atoms with van der Waals surface area (Å²) in [4.78, 5) is 46.9. The molecule has 12 heteroatoms. The molecule has 0 saturated carbocycles. The summed E-state index contributed by atoms with van der Waals surface area (Å²) < 4.78 is 43.6. The molecule has 0 radical (unpaired) electrons. The van der Waals surface area contributed by atoms with E-state index in [-0.39, 0.29) is 12.7 Å². The third-order valence-electron chi connectivity index (χ3n) is 4.86. The first-order valence-electron chi connectivity index (χ1n) is 10.9. The normalized spacial score (nSPS) is 27.2. The van der Waals surface area contributed by atoms with Crippen LogP contribution < -0.4 is 9.47 Å².